The zero-order chi connectivity index (χ0) is 20.5. The molecule has 1 saturated heterocycles. The Kier molecular flexibility index (Phi) is 5.69. The maximum absolute atomic E-state index is 12.6. The van der Waals surface area contributed by atoms with E-state index in [9.17, 15) is 4.79 Å². The number of halogens is 3. The number of pyridine rings is 1. The number of carbonyl (C=O) groups excluding carboxylic acids is 1. The number of hydrogen-bond donors (Lipinski definition) is 0. The van der Waals surface area contributed by atoms with Gasteiger partial charge in [0.05, 0.1) is 15.0 Å². The van der Waals surface area contributed by atoms with E-state index in [2.05, 4.69) is 9.98 Å². The molecule has 0 spiro atoms. The van der Waals surface area contributed by atoms with Gasteiger partial charge in [0.25, 0.3) is 5.91 Å². The Labute approximate surface area is 186 Å². The van der Waals surface area contributed by atoms with Crippen LogP contribution in [0, 0.1) is 0 Å². The summed E-state index contributed by atoms with van der Waals surface area (Å²) in [7, 11) is 1.66. The highest BCUT2D eigenvalue weighted by Crippen LogP contribution is 2.35. The highest BCUT2D eigenvalue weighted by atomic mass is 35.5. The average molecular weight is 465 g/mol. The van der Waals surface area contributed by atoms with Crippen LogP contribution >= 0.6 is 46.6 Å². The van der Waals surface area contributed by atoms with Crippen LogP contribution in [0.1, 0.15) is 5.76 Å². The van der Waals surface area contributed by atoms with Crippen molar-refractivity contribution in [1.29, 1.82) is 0 Å². The smallest absolute Gasteiger partial charge is 0.266 e. The predicted molar refractivity (Wildman–Crippen MR) is 119 cm³/mol. The molecule has 3 heterocycles. The number of aliphatic imine (C=N–C) groups is 1. The van der Waals surface area contributed by atoms with Crippen molar-refractivity contribution in [3.8, 4) is 11.3 Å². The highest BCUT2D eigenvalue weighted by molar-refractivity contribution is 8.18. The molecule has 0 unspecified atom stereocenters. The van der Waals surface area contributed by atoms with E-state index >= 15 is 0 Å². The molecular formula is C20H12Cl3N3O2S. The molecule has 1 aliphatic rings. The summed E-state index contributed by atoms with van der Waals surface area (Å²) in [6.45, 7) is 0. The van der Waals surface area contributed by atoms with Gasteiger partial charge in [-0.25, -0.2) is 9.98 Å². The Morgan fingerprint density at radius 1 is 1.14 bits per heavy atom. The van der Waals surface area contributed by atoms with Crippen LogP contribution in [0.5, 0.6) is 0 Å². The summed E-state index contributed by atoms with van der Waals surface area (Å²) in [6, 6.07) is 12.3. The summed E-state index contributed by atoms with van der Waals surface area (Å²) in [5.74, 6) is 0.979. The first-order chi connectivity index (χ1) is 13.9. The van der Waals surface area contributed by atoms with Crippen LogP contribution in [0.3, 0.4) is 0 Å². The van der Waals surface area contributed by atoms with E-state index in [-0.39, 0.29) is 11.1 Å². The largest absolute Gasteiger partial charge is 0.457 e. The second kappa shape index (κ2) is 8.24. The van der Waals surface area contributed by atoms with Crippen LogP contribution in [-0.2, 0) is 4.79 Å². The summed E-state index contributed by atoms with van der Waals surface area (Å²) < 4.78 is 5.85. The third-order valence-corrected chi connectivity index (χ3v) is 6.15. The number of likely N-dealkylation sites (N-methyl/N-ethyl adjacent to an activating group) is 1. The molecule has 1 fully saturated rings. The van der Waals surface area contributed by atoms with E-state index < -0.39 is 0 Å². The minimum absolute atomic E-state index is 0.179. The topological polar surface area (TPSA) is 58.7 Å². The van der Waals surface area contributed by atoms with E-state index in [0.29, 0.717) is 37.3 Å². The van der Waals surface area contributed by atoms with Gasteiger partial charge < -0.3 is 4.42 Å². The van der Waals surface area contributed by atoms with Crippen LogP contribution < -0.4 is 0 Å². The fraction of sp³-hybridized carbons (Fsp3) is 0.0500. The Morgan fingerprint density at radius 2 is 1.97 bits per heavy atom. The lowest BCUT2D eigenvalue weighted by atomic mass is 10.2. The molecule has 0 saturated carbocycles. The van der Waals surface area contributed by atoms with E-state index in [1.807, 2.05) is 12.1 Å². The SMILES string of the molecule is CN1C(=O)/C(=C\c2ccc(-c3ccc(Cl)c(Cl)c3)o2)SC1=Nc1cccnc1Cl. The molecule has 1 aromatic carbocycles. The summed E-state index contributed by atoms with van der Waals surface area (Å²) in [5.41, 5.74) is 1.29. The van der Waals surface area contributed by atoms with Gasteiger partial charge in [-0.15, -0.1) is 0 Å². The van der Waals surface area contributed by atoms with Crippen molar-refractivity contribution in [1.82, 2.24) is 9.88 Å². The standard InChI is InChI=1S/C20H12Cl3N3O2S/c1-26-19(27)17(29-20(26)25-15-3-2-8-24-18(15)23)10-12-5-7-16(28-12)11-4-6-13(21)14(22)9-11/h2-10H,1H3/b17-10+,25-20?. The van der Waals surface area contributed by atoms with Crippen molar-refractivity contribution in [3.63, 3.8) is 0 Å². The van der Waals surface area contributed by atoms with Crippen LogP contribution in [0.15, 0.2) is 63.0 Å². The monoisotopic (exact) mass is 463 g/mol. The van der Waals surface area contributed by atoms with Gasteiger partial charge in [0.2, 0.25) is 0 Å². The predicted octanol–water partition coefficient (Wildman–Crippen LogP) is 6.54. The molecule has 1 aliphatic heterocycles. The number of amidine groups is 1. The number of rotatable bonds is 3. The molecule has 3 aromatic rings. The third-order valence-electron chi connectivity index (χ3n) is 4.06. The molecular weight excluding hydrogens is 453 g/mol. The van der Waals surface area contributed by atoms with Gasteiger partial charge in [0.15, 0.2) is 10.3 Å². The van der Waals surface area contributed by atoms with Crippen molar-refractivity contribution in [2.75, 3.05) is 7.05 Å². The highest BCUT2D eigenvalue weighted by Gasteiger charge is 2.31. The van der Waals surface area contributed by atoms with Crippen LogP contribution in [0.25, 0.3) is 17.4 Å². The van der Waals surface area contributed by atoms with Gasteiger partial charge in [-0.05, 0) is 54.2 Å². The second-order valence-electron chi connectivity index (χ2n) is 6.01. The zero-order valence-electron chi connectivity index (χ0n) is 14.9. The lowest BCUT2D eigenvalue weighted by Crippen LogP contribution is -2.23. The molecule has 146 valence electrons. The minimum Gasteiger partial charge on any atom is -0.457 e. The first-order valence-electron chi connectivity index (χ1n) is 8.34. The molecule has 0 N–H and O–H groups in total. The Hall–Kier alpha value is -2.25. The van der Waals surface area contributed by atoms with Gasteiger partial charge >= 0.3 is 0 Å². The number of carbonyl (C=O) groups is 1. The van der Waals surface area contributed by atoms with Crippen LogP contribution in [-0.4, -0.2) is 28.0 Å². The van der Waals surface area contributed by atoms with Gasteiger partial charge in [-0.3, -0.25) is 9.69 Å². The van der Waals surface area contributed by atoms with Gasteiger partial charge in [-0.2, -0.15) is 0 Å². The van der Waals surface area contributed by atoms with Gasteiger partial charge in [-0.1, -0.05) is 34.8 Å². The molecule has 5 nitrogen and oxygen atoms in total. The number of nitrogens with zero attached hydrogens (tertiary/aromatic N) is 3. The maximum atomic E-state index is 12.6. The van der Waals surface area contributed by atoms with E-state index in [1.54, 1.807) is 49.7 Å². The summed E-state index contributed by atoms with van der Waals surface area (Å²) in [6.07, 6.45) is 3.26. The van der Waals surface area contributed by atoms with Crippen LogP contribution in [0.4, 0.5) is 5.69 Å². The molecule has 1 amide bonds. The molecule has 0 aliphatic carbocycles. The number of furan rings is 1. The first kappa shape index (κ1) is 20.0. The van der Waals surface area contributed by atoms with Crippen molar-refractivity contribution >= 4 is 69.4 Å². The number of thioether (sulfide) groups is 1. The van der Waals surface area contributed by atoms with Crippen LogP contribution in [0.2, 0.25) is 15.2 Å². The first-order valence-corrected chi connectivity index (χ1v) is 10.3. The van der Waals surface area contributed by atoms with Crippen molar-refractivity contribution in [2.24, 2.45) is 4.99 Å². The minimum atomic E-state index is -0.179. The Bertz CT molecular complexity index is 1170. The average Bonchev–Trinajstić information content (AvgIpc) is 3.27. The molecule has 29 heavy (non-hydrogen) atoms. The van der Waals surface area contributed by atoms with Crippen molar-refractivity contribution in [3.05, 3.63) is 74.5 Å². The van der Waals surface area contributed by atoms with Gasteiger partial charge in [0, 0.05) is 24.9 Å². The molecule has 9 heteroatoms. The molecule has 0 atom stereocenters. The van der Waals surface area contributed by atoms with E-state index in [1.165, 1.54) is 16.7 Å². The number of aromatic nitrogens is 1. The Balaban J connectivity index is 1.60. The van der Waals surface area contributed by atoms with E-state index in [0.717, 1.165) is 5.56 Å². The Morgan fingerprint density at radius 3 is 2.72 bits per heavy atom. The fourth-order valence-corrected chi connectivity index (χ4v) is 4.00. The van der Waals surface area contributed by atoms with E-state index in [4.69, 9.17) is 39.2 Å². The molecule has 0 radical (unpaired) electrons. The molecule has 4 rings (SSSR count). The lowest BCUT2D eigenvalue weighted by molar-refractivity contribution is -0.121. The lowest BCUT2D eigenvalue weighted by Gasteiger charge is -2.07. The maximum Gasteiger partial charge on any atom is 0.266 e. The zero-order valence-corrected chi connectivity index (χ0v) is 18.0. The third kappa shape index (κ3) is 4.21. The molecule has 0 bridgehead atoms. The van der Waals surface area contributed by atoms with Gasteiger partial charge in [0.1, 0.15) is 17.2 Å². The number of benzene rings is 1. The van der Waals surface area contributed by atoms with Crippen molar-refractivity contribution in [2.45, 2.75) is 0 Å². The summed E-state index contributed by atoms with van der Waals surface area (Å²) in [5, 5.41) is 1.70. The number of amides is 1. The number of hydrogen-bond acceptors (Lipinski definition) is 5. The summed E-state index contributed by atoms with van der Waals surface area (Å²) >= 11 is 19.3. The molecule has 2 aromatic heterocycles. The van der Waals surface area contributed by atoms with Crippen molar-refractivity contribution < 1.29 is 9.21 Å². The fourth-order valence-electron chi connectivity index (χ4n) is 2.58. The normalized spacial score (nSPS) is 17.0. The summed E-state index contributed by atoms with van der Waals surface area (Å²) in [4.78, 5) is 23.0. The second-order valence-corrected chi connectivity index (χ2v) is 8.19. The quantitative estimate of drug-likeness (QED) is 0.326.